The van der Waals surface area contributed by atoms with E-state index in [1.807, 2.05) is 13.0 Å². The number of hydrogen-bond donors (Lipinski definition) is 1. The summed E-state index contributed by atoms with van der Waals surface area (Å²) >= 11 is 1.07. The molecule has 0 aliphatic heterocycles. The molecule has 0 fully saturated rings. The molecule has 2 aromatic heterocycles. The van der Waals surface area contributed by atoms with Gasteiger partial charge in [-0.1, -0.05) is 17.7 Å². The Morgan fingerprint density at radius 3 is 2.81 bits per heavy atom. The summed E-state index contributed by atoms with van der Waals surface area (Å²) in [5.41, 5.74) is 0.422. The molecule has 21 heavy (non-hydrogen) atoms. The van der Waals surface area contributed by atoms with E-state index in [9.17, 15) is 9.59 Å². The molecule has 3 aromatic rings. The van der Waals surface area contributed by atoms with E-state index in [1.165, 1.54) is 0 Å². The molecule has 1 N–H and O–H groups in total. The highest BCUT2D eigenvalue weighted by atomic mass is 32.1. The Labute approximate surface area is 123 Å². The minimum absolute atomic E-state index is 0.0517. The summed E-state index contributed by atoms with van der Waals surface area (Å²) in [6.07, 6.45) is 0. The second kappa shape index (κ2) is 5.10. The van der Waals surface area contributed by atoms with Crippen molar-refractivity contribution in [2.24, 2.45) is 0 Å². The van der Waals surface area contributed by atoms with Crippen molar-refractivity contribution in [1.29, 1.82) is 0 Å². The second-order valence-corrected chi connectivity index (χ2v) is 5.34. The summed E-state index contributed by atoms with van der Waals surface area (Å²) in [7, 11) is 0. The number of amides is 1. The highest BCUT2D eigenvalue weighted by Gasteiger charge is 2.14. The number of benzene rings is 1. The average molecular weight is 301 g/mol. The van der Waals surface area contributed by atoms with Crippen molar-refractivity contribution in [2.45, 2.75) is 13.8 Å². The number of fused-ring (bicyclic) bond motifs is 1. The van der Waals surface area contributed by atoms with Gasteiger partial charge in [-0.15, -0.1) is 0 Å². The molecule has 2 heterocycles. The molecule has 0 aliphatic rings. The molecule has 1 aromatic carbocycles. The number of nitrogens with zero attached hydrogens (tertiary/aromatic N) is 2. The fourth-order valence-corrected chi connectivity index (χ4v) is 2.49. The lowest BCUT2D eigenvalue weighted by Gasteiger charge is -2.02. The van der Waals surface area contributed by atoms with E-state index >= 15 is 0 Å². The van der Waals surface area contributed by atoms with Gasteiger partial charge in [0.1, 0.15) is 5.82 Å². The lowest BCUT2D eigenvalue weighted by Crippen LogP contribution is -2.14. The Balaban J connectivity index is 1.98. The van der Waals surface area contributed by atoms with Crippen molar-refractivity contribution in [3.8, 4) is 0 Å². The maximum atomic E-state index is 12.1. The van der Waals surface area contributed by atoms with Crippen LogP contribution >= 0.6 is 11.5 Å². The molecule has 0 saturated heterocycles. The zero-order chi connectivity index (χ0) is 15.0. The number of aryl methyl sites for hydroxylation is 2. The van der Waals surface area contributed by atoms with Crippen LogP contribution in [-0.2, 0) is 0 Å². The largest absolute Gasteiger partial charge is 0.417 e. The molecule has 106 valence electrons. The Kier molecular flexibility index (Phi) is 3.26. The van der Waals surface area contributed by atoms with Gasteiger partial charge in [0, 0.05) is 11.5 Å². The molecule has 0 bridgehead atoms. The van der Waals surface area contributed by atoms with Gasteiger partial charge in [0.2, 0.25) is 5.13 Å². The number of anilines is 1. The summed E-state index contributed by atoms with van der Waals surface area (Å²) in [5.74, 6) is 0.000621. The van der Waals surface area contributed by atoms with Crippen LogP contribution in [-0.4, -0.2) is 15.3 Å². The van der Waals surface area contributed by atoms with Crippen LogP contribution in [0.1, 0.15) is 21.9 Å². The number of aromatic nitrogens is 2. The monoisotopic (exact) mass is 301 g/mol. The molecule has 0 atom stereocenters. The third-order valence-corrected chi connectivity index (χ3v) is 3.61. The standard InChI is InChI=1S/C14H11N3O3S/c1-7-3-4-9-6-11(20-13(19)10(9)5-7)12(18)16-14-15-8(2)17-21-14/h3-6H,1-2H3,(H,15,16,17,18). The van der Waals surface area contributed by atoms with Crippen molar-refractivity contribution < 1.29 is 9.21 Å². The summed E-state index contributed by atoms with van der Waals surface area (Å²) in [5, 5.41) is 4.04. The van der Waals surface area contributed by atoms with Crippen LogP contribution in [0.25, 0.3) is 10.8 Å². The van der Waals surface area contributed by atoms with Gasteiger partial charge in [-0.3, -0.25) is 10.1 Å². The molecule has 3 rings (SSSR count). The van der Waals surface area contributed by atoms with Crippen molar-refractivity contribution in [2.75, 3.05) is 5.32 Å². The third kappa shape index (κ3) is 2.68. The first kappa shape index (κ1) is 13.4. The lowest BCUT2D eigenvalue weighted by atomic mass is 10.1. The van der Waals surface area contributed by atoms with Gasteiger partial charge < -0.3 is 4.42 Å². The fraction of sp³-hybridized carbons (Fsp3) is 0.143. The van der Waals surface area contributed by atoms with Crippen LogP contribution in [0, 0.1) is 13.8 Å². The van der Waals surface area contributed by atoms with Crippen LogP contribution in [0.4, 0.5) is 5.13 Å². The van der Waals surface area contributed by atoms with Crippen LogP contribution in [0.5, 0.6) is 0 Å². The van der Waals surface area contributed by atoms with Crippen molar-refractivity contribution in [3.63, 3.8) is 0 Å². The predicted molar refractivity (Wildman–Crippen MR) is 79.8 cm³/mol. The quantitative estimate of drug-likeness (QED) is 0.786. The summed E-state index contributed by atoms with van der Waals surface area (Å²) < 4.78 is 9.04. The Morgan fingerprint density at radius 1 is 1.29 bits per heavy atom. The highest BCUT2D eigenvalue weighted by molar-refractivity contribution is 7.09. The number of carbonyl (C=O) groups excluding carboxylic acids is 1. The van der Waals surface area contributed by atoms with E-state index in [0.29, 0.717) is 21.7 Å². The summed E-state index contributed by atoms with van der Waals surface area (Å²) in [6, 6.07) is 6.93. The van der Waals surface area contributed by atoms with Crippen LogP contribution in [0.15, 0.2) is 33.5 Å². The molecule has 0 aliphatic carbocycles. The van der Waals surface area contributed by atoms with E-state index in [0.717, 1.165) is 17.1 Å². The number of rotatable bonds is 2. The van der Waals surface area contributed by atoms with Gasteiger partial charge in [-0.25, -0.2) is 9.78 Å². The maximum absolute atomic E-state index is 12.1. The Bertz CT molecular complexity index is 898. The third-order valence-electron chi connectivity index (χ3n) is 2.89. The van der Waals surface area contributed by atoms with Crippen LogP contribution in [0.3, 0.4) is 0 Å². The van der Waals surface area contributed by atoms with Crippen LogP contribution < -0.4 is 10.9 Å². The molecule has 0 spiro atoms. The number of nitrogens with one attached hydrogen (secondary N) is 1. The van der Waals surface area contributed by atoms with E-state index in [-0.39, 0.29) is 5.76 Å². The zero-order valence-corrected chi connectivity index (χ0v) is 12.2. The van der Waals surface area contributed by atoms with Crippen LogP contribution in [0.2, 0.25) is 0 Å². The normalized spacial score (nSPS) is 10.8. The average Bonchev–Trinajstić information content (AvgIpc) is 2.84. The zero-order valence-electron chi connectivity index (χ0n) is 11.3. The lowest BCUT2D eigenvalue weighted by molar-refractivity contribution is 0.0993. The Hall–Kier alpha value is -2.54. The molecule has 0 saturated carbocycles. The topological polar surface area (TPSA) is 85.1 Å². The molecule has 1 amide bonds. The van der Waals surface area contributed by atoms with Gasteiger partial charge in [0.25, 0.3) is 5.91 Å². The summed E-state index contributed by atoms with van der Waals surface area (Å²) in [4.78, 5) is 28.1. The highest BCUT2D eigenvalue weighted by Crippen LogP contribution is 2.16. The van der Waals surface area contributed by atoms with Crippen molar-refractivity contribution in [1.82, 2.24) is 9.36 Å². The molecule has 6 nitrogen and oxygen atoms in total. The fourth-order valence-electron chi connectivity index (χ4n) is 1.92. The number of hydrogen-bond acceptors (Lipinski definition) is 6. The van der Waals surface area contributed by atoms with Gasteiger partial charge in [-0.05, 0) is 31.4 Å². The first-order chi connectivity index (χ1) is 10.0. The van der Waals surface area contributed by atoms with E-state index in [2.05, 4.69) is 14.7 Å². The minimum Gasteiger partial charge on any atom is -0.417 e. The molecule has 7 heteroatoms. The van der Waals surface area contributed by atoms with Crippen molar-refractivity contribution >= 4 is 33.3 Å². The maximum Gasteiger partial charge on any atom is 0.344 e. The molecular weight excluding hydrogens is 290 g/mol. The van der Waals surface area contributed by atoms with Gasteiger partial charge in [0.05, 0.1) is 5.39 Å². The first-order valence-electron chi connectivity index (χ1n) is 6.19. The molecule has 0 unspecified atom stereocenters. The first-order valence-corrected chi connectivity index (χ1v) is 6.96. The van der Waals surface area contributed by atoms with E-state index in [4.69, 9.17) is 4.42 Å². The SMILES string of the molecule is Cc1ccc2cc(C(=O)Nc3nc(C)ns3)oc(=O)c2c1. The van der Waals surface area contributed by atoms with Gasteiger partial charge in [-0.2, -0.15) is 4.37 Å². The molecule has 0 radical (unpaired) electrons. The number of carbonyl (C=O) groups is 1. The smallest absolute Gasteiger partial charge is 0.344 e. The predicted octanol–water partition coefficient (Wildman–Crippen LogP) is 2.51. The van der Waals surface area contributed by atoms with Crippen molar-refractivity contribution in [3.05, 3.63) is 51.8 Å². The minimum atomic E-state index is -0.533. The second-order valence-electron chi connectivity index (χ2n) is 4.59. The summed E-state index contributed by atoms with van der Waals surface area (Å²) in [6.45, 7) is 3.61. The Morgan fingerprint density at radius 2 is 2.10 bits per heavy atom. The van der Waals surface area contributed by atoms with E-state index in [1.54, 1.807) is 25.1 Å². The molecular formula is C14H11N3O3S. The van der Waals surface area contributed by atoms with Gasteiger partial charge >= 0.3 is 5.63 Å². The van der Waals surface area contributed by atoms with E-state index < -0.39 is 11.5 Å². The van der Waals surface area contributed by atoms with Gasteiger partial charge in [0.15, 0.2) is 5.76 Å².